The van der Waals surface area contributed by atoms with E-state index in [9.17, 15) is 4.57 Å². The molecular formula is C25H33N2O3P. The summed E-state index contributed by atoms with van der Waals surface area (Å²) in [6, 6.07) is 15.6. The van der Waals surface area contributed by atoms with Gasteiger partial charge in [-0.15, -0.1) is 0 Å². The first kappa shape index (κ1) is 23.7. The molecule has 1 aliphatic heterocycles. The molecule has 1 aromatic carbocycles. The van der Waals surface area contributed by atoms with Crippen molar-refractivity contribution >= 4 is 12.9 Å². The first-order valence-electron chi connectivity index (χ1n) is 11.1. The molecule has 1 fully saturated rings. The predicted molar refractivity (Wildman–Crippen MR) is 125 cm³/mol. The Morgan fingerprint density at radius 3 is 2.58 bits per heavy atom. The molecule has 3 rings (SSSR count). The van der Waals surface area contributed by atoms with Gasteiger partial charge in [0.05, 0.1) is 11.9 Å². The standard InChI is InChI=1S/C25H33N2O3P/c1-21(2)16-19-30-31(28,24-11-4-3-5-12-24)29-18-9-7-10-23-15-14-22(20-27-23)25-13-6-8-17-26-25/h3-6,8,11-13,17,21-23,27H,10,14-16,18-20H2,1-2H3. The van der Waals surface area contributed by atoms with E-state index in [-0.39, 0.29) is 6.61 Å². The first-order valence-corrected chi connectivity index (χ1v) is 12.7. The number of pyridine rings is 1. The lowest BCUT2D eigenvalue weighted by Gasteiger charge is -2.28. The van der Waals surface area contributed by atoms with Crippen molar-refractivity contribution < 1.29 is 13.6 Å². The third kappa shape index (κ3) is 7.59. The quantitative estimate of drug-likeness (QED) is 0.444. The number of aromatic nitrogens is 1. The molecule has 2 aromatic rings. The number of nitrogens with one attached hydrogen (secondary N) is 1. The topological polar surface area (TPSA) is 60.5 Å². The number of benzene rings is 1. The van der Waals surface area contributed by atoms with Crippen LogP contribution in [-0.2, 0) is 13.6 Å². The lowest BCUT2D eigenvalue weighted by molar-refractivity contribution is 0.220. The monoisotopic (exact) mass is 440 g/mol. The number of rotatable bonds is 9. The van der Waals surface area contributed by atoms with Crippen LogP contribution in [-0.4, -0.2) is 30.8 Å². The third-order valence-electron chi connectivity index (χ3n) is 5.43. The molecule has 5 nitrogen and oxygen atoms in total. The fourth-order valence-electron chi connectivity index (χ4n) is 3.53. The van der Waals surface area contributed by atoms with Crippen LogP contribution in [0, 0.1) is 17.8 Å². The molecule has 166 valence electrons. The number of hydrogen-bond donors (Lipinski definition) is 1. The van der Waals surface area contributed by atoms with Gasteiger partial charge in [0, 0.05) is 36.8 Å². The molecule has 6 heteroatoms. The van der Waals surface area contributed by atoms with Crippen molar-refractivity contribution in [3.8, 4) is 11.8 Å². The van der Waals surface area contributed by atoms with E-state index in [1.54, 1.807) is 12.1 Å². The second kappa shape index (κ2) is 12.2. The zero-order chi connectivity index (χ0) is 21.9. The Labute approximate surface area is 186 Å². The molecule has 0 saturated carbocycles. The summed E-state index contributed by atoms with van der Waals surface area (Å²) in [5.74, 6) is 7.14. The molecular weight excluding hydrogens is 407 g/mol. The summed E-state index contributed by atoms with van der Waals surface area (Å²) in [4.78, 5) is 4.47. The average Bonchev–Trinajstić information content (AvgIpc) is 2.80. The fourth-order valence-corrected chi connectivity index (χ4v) is 5.02. The van der Waals surface area contributed by atoms with Crippen molar-refractivity contribution in [3.05, 3.63) is 60.4 Å². The zero-order valence-corrected chi connectivity index (χ0v) is 19.4. The average molecular weight is 441 g/mol. The first-order chi connectivity index (χ1) is 15.1. The van der Waals surface area contributed by atoms with Gasteiger partial charge in [0.2, 0.25) is 0 Å². The van der Waals surface area contributed by atoms with E-state index in [0.717, 1.165) is 37.9 Å². The van der Waals surface area contributed by atoms with Gasteiger partial charge in [0.1, 0.15) is 6.61 Å². The molecule has 3 atom stereocenters. The molecule has 1 aromatic heterocycles. The highest BCUT2D eigenvalue weighted by Crippen LogP contribution is 2.47. The predicted octanol–water partition coefficient (Wildman–Crippen LogP) is 4.91. The summed E-state index contributed by atoms with van der Waals surface area (Å²) in [6.45, 7) is 5.65. The minimum Gasteiger partial charge on any atom is -0.312 e. The van der Waals surface area contributed by atoms with Gasteiger partial charge in [-0.2, -0.15) is 0 Å². The maximum absolute atomic E-state index is 13.3. The molecule has 2 heterocycles. The third-order valence-corrected chi connectivity index (χ3v) is 7.35. The molecule has 1 N–H and O–H groups in total. The van der Waals surface area contributed by atoms with Crippen molar-refractivity contribution in [1.29, 1.82) is 0 Å². The summed E-state index contributed by atoms with van der Waals surface area (Å²) in [6.07, 6.45) is 5.62. The number of hydrogen-bond acceptors (Lipinski definition) is 5. The fraction of sp³-hybridized carbons (Fsp3) is 0.480. The molecule has 1 saturated heterocycles. The van der Waals surface area contributed by atoms with Crippen LogP contribution >= 0.6 is 7.60 Å². The van der Waals surface area contributed by atoms with Gasteiger partial charge < -0.3 is 9.84 Å². The van der Waals surface area contributed by atoms with Gasteiger partial charge in [-0.05, 0) is 49.4 Å². The Kier molecular flexibility index (Phi) is 9.31. The Bertz CT molecular complexity index is 885. The minimum atomic E-state index is -3.37. The highest BCUT2D eigenvalue weighted by molar-refractivity contribution is 7.62. The molecule has 31 heavy (non-hydrogen) atoms. The highest BCUT2D eigenvalue weighted by Gasteiger charge is 2.27. The Hall–Kier alpha value is -1.96. The Balaban J connectivity index is 1.46. The zero-order valence-electron chi connectivity index (χ0n) is 18.5. The van der Waals surface area contributed by atoms with Gasteiger partial charge >= 0.3 is 7.60 Å². The van der Waals surface area contributed by atoms with E-state index in [1.807, 2.05) is 36.5 Å². The van der Waals surface area contributed by atoms with Crippen LogP contribution in [0.4, 0.5) is 0 Å². The molecule has 1 aliphatic rings. The van der Waals surface area contributed by atoms with E-state index in [4.69, 9.17) is 9.05 Å². The Morgan fingerprint density at radius 1 is 1.10 bits per heavy atom. The molecule has 0 radical (unpaired) electrons. The maximum Gasteiger partial charge on any atom is 0.362 e. The van der Waals surface area contributed by atoms with Gasteiger partial charge in [-0.1, -0.05) is 50.0 Å². The Morgan fingerprint density at radius 2 is 1.90 bits per heavy atom. The minimum absolute atomic E-state index is 0.0944. The van der Waals surface area contributed by atoms with Crippen molar-refractivity contribution in [2.45, 2.75) is 51.5 Å². The van der Waals surface area contributed by atoms with Crippen molar-refractivity contribution in [3.63, 3.8) is 0 Å². The van der Waals surface area contributed by atoms with Crippen molar-refractivity contribution in [1.82, 2.24) is 10.3 Å². The van der Waals surface area contributed by atoms with E-state index < -0.39 is 7.60 Å². The smallest absolute Gasteiger partial charge is 0.312 e. The lowest BCUT2D eigenvalue weighted by atomic mass is 9.91. The van der Waals surface area contributed by atoms with E-state index in [1.165, 1.54) is 0 Å². The van der Waals surface area contributed by atoms with Crippen LogP contribution in [0.15, 0.2) is 54.7 Å². The van der Waals surface area contributed by atoms with E-state index >= 15 is 0 Å². The highest BCUT2D eigenvalue weighted by atomic mass is 31.2. The van der Waals surface area contributed by atoms with Crippen LogP contribution in [0.25, 0.3) is 0 Å². The van der Waals surface area contributed by atoms with Crippen molar-refractivity contribution in [2.24, 2.45) is 5.92 Å². The number of nitrogens with zero attached hydrogens (tertiary/aromatic N) is 1. The van der Waals surface area contributed by atoms with Crippen LogP contribution in [0.2, 0.25) is 0 Å². The molecule has 0 spiro atoms. The van der Waals surface area contributed by atoms with Gasteiger partial charge in [0.15, 0.2) is 0 Å². The van der Waals surface area contributed by atoms with E-state index in [2.05, 4.69) is 42.1 Å². The lowest BCUT2D eigenvalue weighted by Crippen LogP contribution is -2.37. The summed E-state index contributed by atoms with van der Waals surface area (Å²) in [5, 5.41) is 4.16. The summed E-state index contributed by atoms with van der Waals surface area (Å²) >= 11 is 0. The molecule has 3 unspecified atom stereocenters. The molecule has 0 bridgehead atoms. The molecule has 0 aliphatic carbocycles. The van der Waals surface area contributed by atoms with E-state index in [0.29, 0.717) is 29.8 Å². The second-order valence-corrected chi connectivity index (χ2v) is 10.3. The van der Waals surface area contributed by atoms with Crippen LogP contribution in [0.5, 0.6) is 0 Å². The summed E-state index contributed by atoms with van der Waals surface area (Å²) < 4.78 is 24.7. The van der Waals surface area contributed by atoms with Gasteiger partial charge in [-0.3, -0.25) is 14.1 Å². The SMILES string of the molecule is CC(C)CCOP(=O)(OCC#CCC1CCC(c2ccccn2)CN1)c1ccccc1. The summed E-state index contributed by atoms with van der Waals surface area (Å²) in [7, 11) is -3.37. The number of piperidine rings is 1. The largest absolute Gasteiger partial charge is 0.362 e. The van der Waals surface area contributed by atoms with Crippen LogP contribution < -0.4 is 10.6 Å². The normalized spacial score (nSPS) is 20.6. The van der Waals surface area contributed by atoms with Gasteiger partial charge in [-0.25, -0.2) is 0 Å². The molecule has 0 amide bonds. The van der Waals surface area contributed by atoms with Crippen LogP contribution in [0.1, 0.15) is 51.1 Å². The summed E-state index contributed by atoms with van der Waals surface area (Å²) in [5.41, 5.74) is 1.15. The van der Waals surface area contributed by atoms with Gasteiger partial charge in [0.25, 0.3) is 0 Å². The van der Waals surface area contributed by atoms with Crippen LogP contribution in [0.3, 0.4) is 0 Å². The maximum atomic E-state index is 13.3. The second-order valence-electron chi connectivity index (χ2n) is 8.31. The van der Waals surface area contributed by atoms with Crippen molar-refractivity contribution in [2.75, 3.05) is 19.8 Å².